The van der Waals surface area contributed by atoms with Gasteiger partial charge in [-0.3, -0.25) is 0 Å². The highest BCUT2D eigenvalue weighted by Gasteiger charge is 2.43. The first-order valence-electron chi connectivity index (χ1n) is 6.30. The molecule has 1 aliphatic carbocycles. The zero-order valence-electron chi connectivity index (χ0n) is 9.71. The molecular weight excluding hydrogens is 190 g/mol. The van der Waals surface area contributed by atoms with Gasteiger partial charge in [-0.25, -0.2) is 0 Å². The average Bonchev–Trinajstić information content (AvgIpc) is 2.66. The molecule has 0 bridgehead atoms. The van der Waals surface area contributed by atoms with E-state index in [1.165, 1.54) is 25.7 Å². The first-order chi connectivity index (χ1) is 7.28. The Morgan fingerprint density at radius 2 is 2.07 bits per heavy atom. The van der Waals surface area contributed by atoms with Gasteiger partial charge in [0, 0.05) is 19.4 Å². The lowest BCUT2D eigenvalue weighted by Gasteiger charge is -2.35. The summed E-state index contributed by atoms with van der Waals surface area (Å²) in [5.74, 6) is 0.638. The molecule has 1 unspecified atom stereocenters. The third kappa shape index (κ3) is 2.52. The van der Waals surface area contributed by atoms with Crippen LogP contribution < -0.4 is 5.73 Å². The van der Waals surface area contributed by atoms with Crippen molar-refractivity contribution in [2.45, 2.75) is 57.3 Å². The van der Waals surface area contributed by atoms with Crippen molar-refractivity contribution >= 4 is 0 Å². The van der Waals surface area contributed by atoms with Gasteiger partial charge in [-0.05, 0) is 18.8 Å². The SMILES string of the molecule is CCCC1CCC2(CC1)OCC(CN)O2. The third-order valence-corrected chi connectivity index (χ3v) is 3.74. The van der Waals surface area contributed by atoms with Gasteiger partial charge in [-0.15, -0.1) is 0 Å². The molecule has 1 atom stereocenters. The van der Waals surface area contributed by atoms with Gasteiger partial charge in [-0.1, -0.05) is 19.8 Å². The molecule has 88 valence electrons. The third-order valence-electron chi connectivity index (χ3n) is 3.74. The van der Waals surface area contributed by atoms with Crippen molar-refractivity contribution < 1.29 is 9.47 Å². The molecule has 0 radical (unpaired) electrons. The van der Waals surface area contributed by atoms with E-state index in [2.05, 4.69) is 6.92 Å². The van der Waals surface area contributed by atoms with Crippen LogP contribution in [0.5, 0.6) is 0 Å². The minimum Gasteiger partial charge on any atom is -0.347 e. The predicted octanol–water partition coefficient (Wildman–Crippen LogP) is 2.05. The highest BCUT2D eigenvalue weighted by atomic mass is 16.7. The molecule has 0 aromatic carbocycles. The van der Waals surface area contributed by atoms with E-state index in [-0.39, 0.29) is 11.9 Å². The van der Waals surface area contributed by atoms with Crippen LogP contribution in [0.4, 0.5) is 0 Å². The molecule has 2 aliphatic rings. The molecule has 2 rings (SSSR count). The van der Waals surface area contributed by atoms with Crippen molar-refractivity contribution in [3.63, 3.8) is 0 Å². The maximum Gasteiger partial charge on any atom is 0.168 e. The van der Waals surface area contributed by atoms with Gasteiger partial charge >= 0.3 is 0 Å². The minimum atomic E-state index is -0.256. The van der Waals surface area contributed by atoms with Crippen LogP contribution in [-0.4, -0.2) is 25.0 Å². The van der Waals surface area contributed by atoms with Crippen LogP contribution in [0.2, 0.25) is 0 Å². The monoisotopic (exact) mass is 213 g/mol. The molecule has 1 saturated carbocycles. The molecule has 3 nitrogen and oxygen atoms in total. The summed E-state index contributed by atoms with van der Waals surface area (Å²) in [6, 6.07) is 0. The van der Waals surface area contributed by atoms with Gasteiger partial charge in [-0.2, -0.15) is 0 Å². The number of hydrogen-bond acceptors (Lipinski definition) is 3. The van der Waals surface area contributed by atoms with Gasteiger partial charge in [0.1, 0.15) is 0 Å². The van der Waals surface area contributed by atoms with Crippen molar-refractivity contribution in [2.75, 3.05) is 13.2 Å². The van der Waals surface area contributed by atoms with Crippen molar-refractivity contribution in [3.8, 4) is 0 Å². The van der Waals surface area contributed by atoms with Gasteiger partial charge in [0.05, 0.1) is 12.7 Å². The van der Waals surface area contributed by atoms with E-state index in [0.717, 1.165) is 18.8 Å². The molecule has 15 heavy (non-hydrogen) atoms. The van der Waals surface area contributed by atoms with Crippen LogP contribution in [0.3, 0.4) is 0 Å². The molecule has 1 saturated heterocycles. The molecule has 0 aromatic rings. The lowest BCUT2D eigenvalue weighted by molar-refractivity contribution is -0.191. The molecule has 2 fully saturated rings. The summed E-state index contributed by atoms with van der Waals surface area (Å²) in [5, 5.41) is 0. The average molecular weight is 213 g/mol. The molecule has 2 N–H and O–H groups in total. The fourth-order valence-corrected chi connectivity index (χ4v) is 2.81. The van der Waals surface area contributed by atoms with E-state index < -0.39 is 0 Å². The van der Waals surface area contributed by atoms with Crippen molar-refractivity contribution in [1.29, 1.82) is 0 Å². The zero-order chi connectivity index (χ0) is 10.7. The van der Waals surface area contributed by atoms with Crippen molar-refractivity contribution in [1.82, 2.24) is 0 Å². The lowest BCUT2D eigenvalue weighted by atomic mass is 9.83. The van der Waals surface area contributed by atoms with Gasteiger partial charge in [0.15, 0.2) is 5.79 Å². The maximum atomic E-state index is 5.92. The van der Waals surface area contributed by atoms with E-state index in [1.807, 2.05) is 0 Å². The Morgan fingerprint density at radius 1 is 1.33 bits per heavy atom. The highest BCUT2D eigenvalue weighted by Crippen LogP contribution is 2.41. The normalized spacial score (nSPS) is 41.2. The van der Waals surface area contributed by atoms with E-state index in [1.54, 1.807) is 0 Å². The lowest BCUT2D eigenvalue weighted by Crippen LogP contribution is -2.36. The van der Waals surface area contributed by atoms with E-state index in [4.69, 9.17) is 15.2 Å². The summed E-state index contributed by atoms with van der Waals surface area (Å²) in [4.78, 5) is 0. The molecule has 3 heteroatoms. The Bertz CT molecular complexity index is 200. The van der Waals surface area contributed by atoms with Crippen LogP contribution in [-0.2, 0) is 9.47 Å². The molecule has 1 spiro atoms. The molecule has 1 heterocycles. The largest absolute Gasteiger partial charge is 0.347 e. The number of hydrogen-bond donors (Lipinski definition) is 1. The standard InChI is InChI=1S/C12H23NO2/c1-2-3-10-4-6-12(7-5-10)14-9-11(8-13)15-12/h10-11H,2-9,13H2,1H3. The van der Waals surface area contributed by atoms with Crippen LogP contribution >= 0.6 is 0 Å². The first kappa shape index (κ1) is 11.4. The quantitative estimate of drug-likeness (QED) is 0.780. The van der Waals surface area contributed by atoms with E-state index in [9.17, 15) is 0 Å². The van der Waals surface area contributed by atoms with Crippen molar-refractivity contribution in [2.24, 2.45) is 11.7 Å². The van der Waals surface area contributed by atoms with Gasteiger partial charge < -0.3 is 15.2 Å². The summed E-state index contributed by atoms with van der Waals surface area (Å²) in [6.07, 6.45) is 7.42. The minimum absolute atomic E-state index is 0.132. The summed E-state index contributed by atoms with van der Waals surface area (Å²) >= 11 is 0. The Kier molecular flexibility index (Phi) is 3.65. The molecule has 0 amide bonds. The number of rotatable bonds is 3. The molecule has 1 aliphatic heterocycles. The summed E-state index contributed by atoms with van der Waals surface area (Å²) < 4.78 is 11.7. The molecule has 0 aromatic heterocycles. The number of nitrogens with two attached hydrogens (primary N) is 1. The Labute approximate surface area is 92.3 Å². The van der Waals surface area contributed by atoms with Gasteiger partial charge in [0.2, 0.25) is 0 Å². The highest BCUT2D eigenvalue weighted by molar-refractivity contribution is 4.85. The van der Waals surface area contributed by atoms with Crippen LogP contribution in [0, 0.1) is 5.92 Å². The van der Waals surface area contributed by atoms with E-state index >= 15 is 0 Å². The second kappa shape index (κ2) is 4.81. The Morgan fingerprint density at radius 3 is 2.60 bits per heavy atom. The number of ether oxygens (including phenoxy) is 2. The van der Waals surface area contributed by atoms with Crippen molar-refractivity contribution in [3.05, 3.63) is 0 Å². The zero-order valence-corrected chi connectivity index (χ0v) is 9.71. The Hall–Kier alpha value is -0.120. The fourth-order valence-electron chi connectivity index (χ4n) is 2.81. The van der Waals surface area contributed by atoms with Crippen LogP contribution in [0.15, 0.2) is 0 Å². The van der Waals surface area contributed by atoms with E-state index in [0.29, 0.717) is 13.2 Å². The Balaban J connectivity index is 1.82. The summed E-state index contributed by atoms with van der Waals surface area (Å²) in [5.41, 5.74) is 5.59. The van der Waals surface area contributed by atoms with Gasteiger partial charge in [0.25, 0.3) is 0 Å². The summed E-state index contributed by atoms with van der Waals surface area (Å²) in [7, 11) is 0. The first-order valence-corrected chi connectivity index (χ1v) is 6.30. The molecular formula is C12H23NO2. The smallest absolute Gasteiger partial charge is 0.168 e. The summed E-state index contributed by atoms with van der Waals surface area (Å²) in [6.45, 7) is 3.53. The second-order valence-electron chi connectivity index (χ2n) is 4.93. The predicted molar refractivity (Wildman–Crippen MR) is 59.5 cm³/mol. The fraction of sp³-hybridized carbons (Fsp3) is 1.00. The topological polar surface area (TPSA) is 44.5 Å². The van der Waals surface area contributed by atoms with Crippen LogP contribution in [0.1, 0.15) is 45.4 Å². The maximum absolute atomic E-state index is 5.92. The van der Waals surface area contributed by atoms with Crippen LogP contribution in [0.25, 0.3) is 0 Å². The second-order valence-corrected chi connectivity index (χ2v) is 4.93.